The van der Waals surface area contributed by atoms with Gasteiger partial charge in [0.2, 0.25) is 0 Å². The van der Waals surface area contributed by atoms with Gasteiger partial charge in [-0.05, 0) is 25.0 Å². The van der Waals surface area contributed by atoms with Gasteiger partial charge in [-0.3, -0.25) is 0 Å². The molecule has 1 aromatic carbocycles. The van der Waals surface area contributed by atoms with Crippen LogP contribution in [-0.2, 0) is 9.47 Å². The van der Waals surface area contributed by atoms with Gasteiger partial charge in [0.25, 0.3) is 0 Å². The second kappa shape index (κ2) is 5.93. The molecule has 1 aliphatic rings. The SMILES string of the molecule is COC(=O)c1cccc(N(C)C2CCOCC2)c1N. The number of para-hydroxylation sites is 1. The van der Waals surface area contributed by atoms with Crippen LogP contribution in [0, 0.1) is 0 Å². The van der Waals surface area contributed by atoms with Crippen LogP contribution in [0.25, 0.3) is 0 Å². The van der Waals surface area contributed by atoms with Crippen LogP contribution in [0.1, 0.15) is 23.2 Å². The van der Waals surface area contributed by atoms with Crippen molar-refractivity contribution < 1.29 is 14.3 Å². The summed E-state index contributed by atoms with van der Waals surface area (Å²) in [6, 6.07) is 5.83. The number of nitrogens with two attached hydrogens (primary N) is 1. The fourth-order valence-electron chi connectivity index (χ4n) is 2.42. The zero-order valence-electron chi connectivity index (χ0n) is 11.4. The van der Waals surface area contributed by atoms with E-state index in [9.17, 15) is 4.79 Å². The zero-order valence-corrected chi connectivity index (χ0v) is 11.4. The van der Waals surface area contributed by atoms with Crippen LogP contribution >= 0.6 is 0 Å². The Morgan fingerprint density at radius 1 is 1.42 bits per heavy atom. The number of hydrogen-bond donors (Lipinski definition) is 1. The van der Waals surface area contributed by atoms with E-state index >= 15 is 0 Å². The van der Waals surface area contributed by atoms with Gasteiger partial charge in [-0.2, -0.15) is 0 Å². The normalized spacial score (nSPS) is 16.1. The standard InChI is InChI=1S/C14H20N2O3/c1-16(10-6-8-19-9-7-10)12-5-3-4-11(13(12)15)14(17)18-2/h3-5,10H,6-9,15H2,1-2H3. The van der Waals surface area contributed by atoms with Crippen LogP contribution in [0.15, 0.2) is 18.2 Å². The highest BCUT2D eigenvalue weighted by molar-refractivity contribution is 5.98. The Hall–Kier alpha value is -1.75. The predicted molar refractivity (Wildman–Crippen MR) is 74.4 cm³/mol. The van der Waals surface area contributed by atoms with Crippen molar-refractivity contribution in [2.45, 2.75) is 18.9 Å². The lowest BCUT2D eigenvalue weighted by molar-refractivity contribution is 0.0602. The van der Waals surface area contributed by atoms with Gasteiger partial charge in [-0.25, -0.2) is 4.79 Å². The molecule has 5 heteroatoms. The summed E-state index contributed by atoms with van der Waals surface area (Å²) in [5.41, 5.74) is 7.85. The molecule has 104 valence electrons. The predicted octanol–water partition coefficient (Wildman–Crippen LogP) is 1.67. The number of anilines is 2. The number of nitrogen functional groups attached to an aromatic ring is 1. The van der Waals surface area contributed by atoms with Crippen molar-refractivity contribution in [3.63, 3.8) is 0 Å². The Bertz CT molecular complexity index is 456. The molecule has 0 bridgehead atoms. The number of rotatable bonds is 3. The Morgan fingerprint density at radius 2 is 2.11 bits per heavy atom. The molecule has 1 aliphatic heterocycles. The van der Waals surface area contributed by atoms with Crippen LogP contribution < -0.4 is 10.6 Å². The van der Waals surface area contributed by atoms with Gasteiger partial charge in [0, 0.05) is 26.3 Å². The molecule has 2 N–H and O–H groups in total. The summed E-state index contributed by atoms with van der Waals surface area (Å²) in [7, 11) is 3.36. The molecule has 1 saturated heterocycles. The first-order valence-electron chi connectivity index (χ1n) is 6.42. The molecule has 19 heavy (non-hydrogen) atoms. The second-order valence-electron chi connectivity index (χ2n) is 4.68. The largest absolute Gasteiger partial charge is 0.465 e. The molecule has 2 rings (SSSR count). The minimum absolute atomic E-state index is 0.393. The van der Waals surface area contributed by atoms with Crippen LogP contribution in [0.5, 0.6) is 0 Å². The third kappa shape index (κ3) is 2.81. The van der Waals surface area contributed by atoms with E-state index < -0.39 is 5.97 Å². The van der Waals surface area contributed by atoms with E-state index in [-0.39, 0.29) is 0 Å². The minimum Gasteiger partial charge on any atom is -0.465 e. The zero-order chi connectivity index (χ0) is 13.8. The molecule has 0 saturated carbocycles. The summed E-state index contributed by atoms with van der Waals surface area (Å²) in [5, 5.41) is 0. The van der Waals surface area contributed by atoms with Crippen molar-refractivity contribution in [2.24, 2.45) is 0 Å². The lowest BCUT2D eigenvalue weighted by atomic mass is 10.0. The summed E-state index contributed by atoms with van der Waals surface area (Å²) < 4.78 is 10.1. The molecule has 5 nitrogen and oxygen atoms in total. The lowest BCUT2D eigenvalue weighted by Gasteiger charge is -2.33. The lowest BCUT2D eigenvalue weighted by Crippen LogP contribution is -2.37. The Labute approximate surface area is 113 Å². The number of methoxy groups -OCH3 is 1. The van der Waals surface area contributed by atoms with Gasteiger partial charge >= 0.3 is 5.97 Å². The number of carbonyl (C=O) groups excluding carboxylic acids is 1. The van der Waals surface area contributed by atoms with Crippen molar-refractivity contribution in [1.82, 2.24) is 0 Å². The molecule has 1 heterocycles. The third-order valence-corrected chi connectivity index (χ3v) is 3.61. The van der Waals surface area contributed by atoms with Crippen LogP contribution in [0.3, 0.4) is 0 Å². The first kappa shape index (κ1) is 13.7. The number of ether oxygens (including phenoxy) is 2. The fraction of sp³-hybridized carbons (Fsp3) is 0.500. The average molecular weight is 264 g/mol. The van der Waals surface area contributed by atoms with Gasteiger partial charge < -0.3 is 20.1 Å². The molecule has 0 amide bonds. The number of esters is 1. The molecule has 0 aliphatic carbocycles. The number of benzene rings is 1. The summed E-state index contributed by atoms with van der Waals surface area (Å²) in [6.07, 6.45) is 1.94. The van der Waals surface area contributed by atoms with Crippen LogP contribution in [0.4, 0.5) is 11.4 Å². The van der Waals surface area contributed by atoms with Crippen molar-refractivity contribution in [3.8, 4) is 0 Å². The summed E-state index contributed by atoms with van der Waals surface area (Å²) in [6.45, 7) is 1.54. The van der Waals surface area contributed by atoms with E-state index in [1.807, 2.05) is 19.2 Å². The van der Waals surface area contributed by atoms with Crippen LogP contribution in [-0.4, -0.2) is 39.4 Å². The summed E-state index contributed by atoms with van der Waals surface area (Å²) >= 11 is 0. The molecular weight excluding hydrogens is 244 g/mol. The summed E-state index contributed by atoms with van der Waals surface area (Å²) in [4.78, 5) is 13.8. The van der Waals surface area contributed by atoms with E-state index in [4.69, 9.17) is 15.2 Å². The number of carbonyl (C=O) groups is 1. The van der Waals surface area contributed by atoms with Crippen molar-refractivity contribution in [1.29, 1.82) is 0 Å². The van der Waals surface area contributed by atoms with Crippen LogP contribution in [0.2, 0.25) is 0 Å². The van der Waals surface area contributed by atoms with Crippen molar-refractivity contribution in [2.75, 3.05) is 38.0 Å². The van der Waals surface area contributed by atoms with E-state index in [0.717, 1.165) is 31.7 Å². The Kier molecular flexibility index (Phi) is 4.27. The van der Waals surface area contributed by atoms with Gasteiger partial charge in [0.05, 0.1) is 24.0 Å². The fourth-order valence-corrected chi connectivity index (χ4v) is 2.42. The monoisotopic (exact) mass is 264 g/mol. The highest BCUT2D eigenvalue weighted by Crippen LogP contribution is 2.29. The topological polar surface area (TPSA) is 64.8 Å². The van der Waals surface area contributed by atoms with Gasteiger partial charge in [-0.1, -0.05) is 6.07 Å². The van der Waals surface area contributed by atoms with Crippen molar-refractivity contribution >= 4 is 17.3 Å². The Balaban J connectivity index is 2.26. The molecule has 0 unspecified atom stereocenters. The van der Waals surface area contributed by atoms with E-state index in [1.165, 1.54) is 7.11 Å². The first-order valence-corrected chi connectivity index (χ1v) is 6.42. The maximum atomic E-state index is 11.6. The molecule has 0 atom stereocenters. The van der Waals surface area contributed by atoms with E-state index in [2.05, 4.69) is 4.90 Å². The second-order valence-corrected chi connectivity index (χ2v) is 4.68. The molecule has 1 aromatic rings. The first-order chi connectivity index (χ1) is 9.15. The highest BCUT2D eigenvalue weighted by atomic mass is 16.5. The summed E-state index contributed by atoms with van der Waals surface area (Å²) in [5.74, 6) is -0.403. The quantitative estimate of drug-likeness (QED) is 0.664. The molecule has 1 fully saturated rings. The van der Waals surface area contributed by atoms with Gasteiger partial charge in [0.1, 0.15) is 0 Å². The molecule has 0 spiro atoms. The average Bonchev–Trinajstić information content (AvgIpc) is 2.47. The van der Waals surface area contributed by atoms with E-state index in [1.54, 1.807) is 6.07 Å². The van der Waals surface area contributed by atoms with Gasteiger partial charge in [0.15, 0.2) is 0 Å². The molecule has 0 aromatic heterocycles. The third-order valence-electron chi connectivity index (χ3n) is 3.61. The van der Waals surface area contributed by atoms with Crippen molar-refractivity contribution in [3.05, 3.63) is 23.8 Å². The number of nitrogens with zero attached hydrogens (tertiary/aromatic N) is 1. The molecular formula is C14H20N2O3. The number of hydrogen-bond acceptors (Lipinski definition) is 5. The Morgan fingerprint density at radius 3 is 2.74 bits per heavy atom. The maximum absolute atomic E-state index is 11.6. The molecule has 0 radical (unpaired) electrons. The minimum atomic E-state index is -0.403. The highest BCUT2D eigenvalue weighted by Gasteiger charge is 2.22. The smallest absolute Gasteiger partial charge is 0.340 e. The van der Waals surface area contributed by atoms with Gasteiger partial charge in [-0.15, -0.1) is 0 Å². The maximum Gasteiger partial charge on any atom is 0.340 e. The van der Waals surface area contributed by atoms with E-state index in [0.29, 0.717) is 17.3 Å².